The number of esters is 1. The van der Waals surface area contributed by atoms with E-state index in [1.54, 1.807) is 59.8 Å². The minimum absolute atomic E-state index is 0.0227. The van der Waals surface area contributed by atoms with Gasteiger partial charge in [0.05, 0.1) is 37.9 Å². The quantitative estimate of drug-likeness (QED) is 0.307. The van der Waals surface area contributed by atoms with E-state index in [-0.39, 0.29) is 47.2 Å². The van der Waals surface area contributed by atoms with Crippen molar-refractivity contribution in [2.24, 2.45) is 40.4 Å². The molecule has 7 rings (SSSR count). The molecule has 5 aliphatic carbocycles. The average Bonchev–Trinajstić information content (AvgIpc) is 3.43. The molecule has 0 amide bonds. The van der Waals surface area contributed by atoms with E-state index in [1.807, 2.05) is 0 Å². The second-order valence-corrected chi connectivity index (χ2v) is 14.6. The Bertz CT molecular complexity index is 1340. The molecule has 1 N–H and O–H groups in total. The first-order chi connectivity index (χ1) is 21.6. The lowest BCUT2D eigenvalue weighted by molar-refractivity contribution is -0.277. The van der Waals surface area contributed by atoms with E-state index in [9.17, 15) is 14.7 Å². The number of Topliss-reactive ketones (excluding diaryl/α,β-unsaturated/α-hetero) is 1. The molecule has 0 aromatic heterocycles. The van der Waals surface area contributed by atoms with Gasteiger partial charge in [0.25, 0.3) is 0 Å². The molecule has 45 heavy (non-hydrogen) atoms. The Morgan fingerprint density at radius 3 is 2.27 bits per heavy atom. The van der Waals surface area contributed by atoms with E-state index in [0.29, 0.717) is 30.8 Å². The molecule has 248 valence electrons. The lowest BCUT2D eigenvalue weighted by atomic mass is 9.42. The normalized spacial score (nSPS) is 47.4. The van der Waals surface area contributed by atoms with Gasteiger partial charge in [0.2, 0.25) is 0 Å². The highest BCUT2D eigenvalue weighted by Crippen LogP contribution is 2.81. The number of piperidine rings is 1. The Morgan fingerprint density at radius 2 is 1.69 bits per heavy atom. The number of rotatable bonds is 10. The molecule has 1 aromatic rings. The van der Waals surface area contributed by atoms with Gasteiger partial charge in [0.1, 0.15) is 17.0 Å². The molecule has 13 atom stereocenters. The molecule has 6 fully saturated rings. The summed E-state index contributed by atoms with van der Waals surface area (Å²) in [7, 11) is 8.52. The van der Waals surface area contributed by atoms with Gasteiger partial charge in [-0.2, -0.15) is 0 Å². The summed E-state index contributed by atoms with van der Waals surface area (Å²) in [6.45, 7) is 5.86. The van der Waals surface area contributed by atoms with Crippen LogP contribution in [-0.2, 0) is 28.5 Å². The summed E-state index contributed by atoms with van der Waals surface area (Å²) >= 11 is 0. The van der Waals surface area contributed by atoms with Gasteiger partial charge in [-0.1, -0.05) is 6.92 Å². The molecule has 1 unspecified atom stereocenters. The van der Waals surface area contributed by atoms with Crippen LogP contribution in [0.2, 0.25) is 0 Å². The Morgan fingerprint density at radius 1 is 0.978 bits per heavy atom. The number of hydrogen-bond acceptors (Lipinski definition) is 10. The summed E-state index contributed by atoms with van der Waals surface area (Å²) in [5.74, 6) is -1.66. The molecule has 1 saturated heterocycles. The van der Waals surface area contributed by atoms with Gasteiger partial charge in [-0.15, -0.1) is 0 Å². The van der Waals surface area contributed by atoms with Gasteiger partial charge in [-0.3, -0.25) is 14.5 Å². The fourth-order valence-corrected chi connectivity index (χ4v) is 12.7. The summed E-state index contributed by atoms with van der Waals surface area (Å²) in [6, 6.07) is 7.02. The Labute approximate surface area is 266 Å². The number of nitrogens with zero attached hydrogens (tertiary/aromatic N) is 1. The van der Waals surface area contributed by atoms with Crippen LogP contribution in [0.3, 0.4) is 0 Å². The lowest BCUT2D eigenvalue weighted by Crippen LogP contribution is -2.77. The number of likely N-dealkylation sites (tertiary alicyclic amines) is 1. The predicted octanol–water partition coefficient (Wildman–Crippen LogP) is 2.99. The molecule has 0 radical (unpaired) electrons. The van der Waals surface area contributed by atoms with E-state index in [0.717, 1.165) is 25.9 Å². The zero-order valence-corrected chi connectivity index (χ0v) is 27.6. The van der Waals surface area contributed by atoms with E-state index >= 15 is 0 Å². The Kier molecular flexibility index (Phi) is 7.51. The van der Waals surface area contributed by atoms with Crippen LogP contribution in [0.1, 0.15) is 49.9 Å². The van der Waals surface area contributed by atoms with Gasteiger partial charge in [0.15, 0.2) is 5.78 Å². The van der Waals surface area contributed by atoms with Crippen LogP contribution in [-0.4, -0.2) is 113 Å². The molecule has 1 spiro atoms. The number of benzene rings is 1. The fourth-order valence-electron chi connectivity index (χ4n) is 12.7. The van der Waals surface area contributed by atoms with Crippen LogP contribution in [0.15, 0.2) is 24.3 Å². The highest BCUT2D eigenvalue weighted by atomic mass is 16.6. The highest BCUT2D eigenvalue weighted by molar-refractivity contribution is 5.99. The van der Waals surface area contributed by atoms with Crippen LogP contribution < -0.4 is 4.74 Å². The number of ketones is 1. The standard InChI is InChI=1S/C35H49NO9/c1-8-36-17-32(18-40-3)14-13-23(42-5)35-22-15-33(39)24(43-6)16-34(45-19(2)37,27(31(35)36)29(44-7)30(32)35)25(22)26(33)28(38)20-9-11-21(41-4)12-10-20/h9-12,22-27,29-31,39H,8,13-18H2,1-7H3/t22-,23+,24+,25-,26+,27-,29+,30-,31?,32+,33+,34-,35+/m1/s1. The molecule has 1 heterocycles. The van der Waals surface area contributed by atoms with Gasteiger partial charge in [0, 0.05) is 88.5 Å². The summed E-state index contributed by atoms with van der Waals surface area (Å²) in [5.41, 5.74) is -2.76. The minimum atomic E-state index is -1.46. The number of carbonyl (C=O) groups excluding carboxylic acids is 2. The van der Waals surface area contributed by atoms with Crippen molar-refractivity contribution in [3.8, 4) is 5.75 Å². The molecule has 7 bridgehead atoms. The molecule has 1 aromatic carbocycles. The molecule has 10 heteroatoms. The second kappa shape index (κ2) is 10.7. The number of aliphatic hydroxyl groups is 1. The van der Waals surface area contributed by atoms with Crippen molar-refractivity contribution in [1.29, 1.82) is 0 Å². The van der Waals surface area contributed by atoms with E-state index in [4.69, 9.17) is 28.4 Å². The Balaban J connectivity index is 1.52. The fraction of sp³-hybridized carbons (Fsp3) is 0.771. The second-order valence-electron chi connectivity index (χ2n) is 14.6. The first-order valence-corrected chi connectivity index (χ1v) is 16.5. The van der Waals surface area contributed by atoms with Crippen molar-refractivity contribution >= 4 is 11.8 Å². The predicted molar refractivity (Wildman–Crippen MR) is 163 cm³/mol. The van der Waals surface area contributed by atoms with Crippen LogP contribution in [0.25, 0.3) is 0 Å². The molecular formula is C35H49NO9. The van der Waals surface area contributed by atoms with E-state index in [2.05, 4.69) is 11.8 Å². The van der Waals surface area contributed by atoms with E-state index in [1.165, 1.54) is 6.92 Å². The maximum Gasteiger partial charge on any atom is 0.303 e. The van der Waals surface area contributed by atoms with Crippen molar-refractivity contribution in [3.05, 3.63) is 29.8 Å². The van der Waals surface area contributed by atoms with Crippen molar-refractivity contribution < 1.29 is 43.1 Å². The first-order valence-electron chi connectivity index (χ1n) is 16.5. The third kappa shape index (κ3) is 3.72. The summed E-state index contributed by atoms with van der Waals surface area (Å²) in [4.78, 5) is 30.7. The van der Waals surface area contributed by atoms with Crippen LogP contribution in [0.5, 0.6) is 5.75 Å². The number of methoxy groups -OCH3 is 5. The summed E-state index contributed by atoms with van der Waals surface area (Å²) in [6.07, 6.45) is 1.28. The van der Waals surface area contributed by atoms with Crippen LogP contribution >= 0.6 is 0 Å². The Hall–Kier alpha value is -2.08. The van der Waals surface area contributed by atoms with Crippen molar-refractivity contribution in [2.45, 2.75) is 75.1 Å². The zero-order chi connectivity index (χ0) is 32.1. The molecule has 6 aliphatic rings. The van der Waals surface area contributed by atoms with Gasteiger partial charge in [-0.25, -0.2) is 0 Å². The van der Waals surface area contributed by atoms with Gasteiger partial charge >= 0.3 is 5.97 Å². The molecule has 10 nitrogen and oxygen atoms in total. The molecular weight excluding hydrogens is 578 g/mol. The van der Waals surface area contributed by atoms with E-state index < -0.39 is 40.5 Å². The van der Waals surface area contributed by atoms with Crippen LogP contribution in [0, 0.1) is 40.4 Å². The lowest BCUT2D eigenvalue weighted by Gasteiger charge is -2.69. The SMILES string of the molecule is CCN1C[C@]2(COC)CC[C@H](OC)[C@]34C1[C@@H]([C@H](OC)[C@H]23)[C@@]1(OC(C)=O)C[C@H](OC)[C@@]2(O)C[C@@H]4[C@@H]1[C@H]2C(=O)c1ccc(OC)cc1. The third-order valence-corrected chi connectivity index (χ3v) is 13.5. The monoisotopic (exact) mass is 627 g/mol. The van der Waals surface area contributed by atoms with Crippen molar-refractivity contribution in [2.75, 3.05) is 55.2 Å². The topological polar surface area (TPSA) is 113 Å². The van der Waals surface area contributed by atoms with Gasteiger partial charge in [-0.05, 0) is 56.0 Å². The third-order valence-electron chi connectivity index (χ3n) is 13.5. The maximum absolute atomic E-state index is 14.8. The molecule has 5 saturated carbocycles. The number of carbonyl (C=O) groups is 2. The minimum Gasteiger partial charge on any atom is -0.497 e. The van der Waals surface area contributed by atoms with Crippen molar-refractivity contribution in [1.82, 2.24) is 4.90 Å². The van der Waals surface area contributed by atoms with Crippen LogP contribution in [0.4, 0.5) is 0 Å². The number of ether oxygens (including phenoxy) is 6. The highest BCUT2D eigenvalue weighted by Gasteiger charge is 2.89. The summed E-state index contributed by atoms with van der Waals surface area (Å²) in [5, 5.41) is 12.9. The van der Waals surface area contributed by atoms with Gasteiger partial charge < -0.3 is 33.5 Å². The largest absolute Gasteiger partial charge is 0.497 e. The first kappa shape index (κ1) is 31.5. The average molecular weight is 628 g/mol. The number of hydrogen-bond donors (Lipinski definition) is 1. The maximum atomic E-state index is 14.8. The zero-order valence-electron chi connectivity index (χ0n) is 27.6. The summed E-state index contributed by atoms with van der Waals surface area (Å²) < 4.78 is 37.3. The number of fused-ring (bicyclic) bond motifs is 2. The smallest absolute Gasteiger partial charge is 0.303 e. The van der Waals surface area contributed by atoms with Crippen molar-refractivity contribution in [3.63, 3.8) is 0 Å². The molecule has 1 aliphatic heterocycles.